The number of rotatable bonds is 3. The fourth-order valence-corrected chi connectivity index (χ4v) is 2.74. The van der Waals surface area contributed by atoms with Crippen LogP contribution in [-0.4, -0.2) is 14.7 Å². The minimum absolute atomic E-state index is 0.179. The predicted molar refractivity (Wildman–Crippen MR) is 90.6 cm³/mol. The summed E-state index contributed by atoms with van der Waals surface area (Å²) in [6.45, 7) is 6.54. The van der Waals surface area contributed by atoms with Crippen LogP contribution in [0.5, 0.6) is 0 Å². The van der Waals surface area contributed by atoms with Crippen LogP contribution >= 0.6 is 27.7 Å². The molecule has 0 spiro atoms. The van der Waals surface area contributed by atoms with Gasteiger partial charge in [0.15, 0.2) is 0 Å². The molecule has 5 heteroatoms. The molecule has 0 fully saturated rings. The van der Waals surface area contributed by atoms with Crippen molar-refractivity contribution >= 4 is 33.5 Å². The van der Waals surface area contributed by atoms with Crippen molar-refractivity contribution in [1.82, 2.24) is 9.97 Å². The first kappa shape index (κ1) is 15.3. The third-order valence-corrected chi connectivity index (χ3v) is 4.66. The normalized spacial score (nSPS) is 11.6. The molecular weight excluding hydrogens is 334 g/mol. The van der Waals surface area contributed by atoms with Gasteiger partial charge in [0.25, 0.3) is 0 Å². The summed E-state index contributed by atoms with van der Waals surface area (Å²) in [6.07, 6.45) is 0. The number of thioether (sulfide) groups is 1. The van der Waals surface area contributed by atoms with Crippen LogP contribution in [0, 0.1) is 0 Å². The molecule has 0 saturated carbocycles. The lowest BCUT2D eigenvalue weighted by molar-refractivity contribution is 0.800. The number of anilines is 1. The monoisotopic (exact) mass is 351 g/mol. The predicted octanol–water partition coefficient (Wildman–Crippen LogP) is 4.52. The van der Waals surface area contributed by atoms with Gasteiger partial charge in [0.05, 0.1) is 15.9 Å². The van der Waals surface area contributed by atoms with Gasteiger partial charge >= 0.3 is 0 Å². The summed E-state index contributed by atoms with van der Waals surface area (Å²) >= 11 is 5.29. The number of hydrogen-bond acceptors (Lipinski definition) is 4. The Morgan fingerprint density at radius 1 is 1.15 bits per heavy atom. The van der Waals surface area contributed by atoms with Gasteiger partial charge in [-0.05, 0) is 15.9 Å². The van der Waals surface area contributed by atoms with E-state index in [9.17, 15) is 0 Å². The molecule has 0 aliphatic rings. The van der Waals surface area contributed by atoms with E-state index in [1.807, 2.05) is 42.1 Å². The molecule has 0 bridgehead atoms. The molecule has 2 rings (SSSR count). The Hall–Kier alpha value is -1.07. The Morgan fingerprint density at radius 2 is 1.80 bits per heavy atom. The highest BCUT2D eigenvalue weighted by molar-refractivity contribution is 9.10. The van der Waals surface area contributed by atoms with Crippen LogP contribution < -0.4 is 5.73 Å². The van der Waals surface area contributed by atoms with Crippen molar-refractivity contribution in [3.8, 4) is 11.3 Å². The van der Waals surface area contributed by atoms with Gasteiger partial charge in [-0.3, -0.25) is 0 Å². The summed E-state index contributed by atoms with van der Waals surface area (Å²) in [5.74, 6) is 2.01. The molecule has 0 aliphatic carbocycles. The Bertz CT molecular complexity index is 594. The molecule has 1 aromatic carbocycles. The summed E-state index contributed by atoms with van der Waals surface area (Å²) in [5.41, 5.74) is 7.88. The van der Waals surface area contributed by atoms with E-state index < -0.39 is 0 Å². The number of nitrogen functional groups attached to an aromatic ring is 1. The van der Waals surface area contributed by atoms with Crippen molar-refractivity contribution in [1.29, 1.82) is 0 Å². The molecule has 0 unspecified atom stereocenters. The van der Waals surface area contributed by atoms with E-state index in [-0.39, 0.29) is 4.75 Å². The Labute approximate surface area is 132 Å². The van der Waals surface area contributed by atoms with Crippen molar-refractivity contribution in [2.75, 3.05) is 5.73 Å². The highest BCUT2D eigenvalue weighted by atomic mass is 79.9. The Balaban J connectivity index is 2.35. The van der Waals surface area contributed by atoms with Crippen molar-refractivity contribution < 1.29 is 0 Å². The minimum Gasteiger partial charge on any atom is -0.383 e. The van der Waals surface area contributed by atoms with Crippen LogP contribution in [0.1, 0.15) is 26.6 Å². The summed E-state index contributed by atoms with van der Waals surface area (Å²) in [4.78, 5) is 9.01. The topological polar surface area (TPSA) is 51.8 Å². The number of nitrogens with zero attached hydrogens (tertiary/aromatic N) is 2. The maximum Gasteiger partial charge on any atom is 0.142 e. The molecule has 0 amide bonds. The van der Waals surface area contributed by atoms with E-state index in [0.717, 1.165) is 27.3 Å². The van der Waals surface area contributed by atoms with Crippen molar-refractivity contribution in [2.24, 2.45) is 0 Å². The first-order valence-electron chi connectivity index (χ1n) is 6.38. The highest BCUT2D eigenvalue weighted by Gasteiger charge is 2.15. The number of halogens is 1. The molecule has 1 heterocycles. The van der Waals surface area contributed by atoms with E-state index in [1.54, 1.807) is 0 Å². The van der Waals surface area contributed by atoms with E-state index in [2.05, 4.69) is 46.7 Å². The lowest BCUT2D eigenvalue weighted by Crippen LogP contribution is -2.09. The first-order valence-corrected chi connectivity index (χ1v) is 8.16. The third-order valence-electron chi connectivity index (χ3n) is 2.60. The molecule has 106 valence electrons. The molecular formula is C15H18BrN3S. The lowest BCUT2D eigenvalue weighted by Gasteiger charge is -2.17. The second-order valence-corrected chi connectivity index (χ2v) is 8.05. The van der Waals surface area contributed by atoms with Gasteiger partial charge in [-0.2, -0.15) is 0 Å². The standard InChI is InChI=1S/C15H18BrN3S/c1-15(2,3)20-9-11-18-13(12(16)14(17)19-11)10-7-5-4-6-8-10/h4-8H,9H2,1-3H3,(H2,17,18,19). The fourth-order valence-electron chi connectivity index (χ4n) is 1.65. The zero-order valence-corrected chi connectivity index (χ0v) is 14.3. The van der Waals surface area contributed by atoms with Gasteiger partial charge in [0.1, 0.15) is 11.6 Å². The second-order valence-electron chi connectivity index (χ2n) is 5.45. The highest BCUT2D eigenvalue weighted by Crippen LogP contribution is 2.32. The first-order chi connectivity index (χ1) is 9.37. The number of benzene rings is 1. The van der Waals surface area contributed by atoms with Crippen LogP contribution in [0.2, 0.25) is 0 Å². The molecule has 3 nitrogen and oxygen atoms in total. The number of aromatic nitrogens is 2. The summed E-state index contributed by atoms with van der Waals surface area (Å²) in [5, 5.41) is 0. The van der Waals surface area contributed by atoms with Crippen LogP contribution in [0.4, 0.5) is 5.82 Å². The van der Waals surface area contributed by atoms with Crippen molar-refractivity contribution in [3.05, 3.63) is 40.6 Å². The second kappa shape index (κ2) is 6.14. The molecule has 0 saturated heterocycles. The minimum atomic E-state index is 0.179. The maximum atomic E-state index is 5.99. The van der Waals surface area contributed by atoms with Crippen LogP contribution in [0.25, 0.3) is 11.3 Å². The van der Waals surface area contributed by atoms with E-state index in [0.29, 0.717) is 5.82 Å². The third kappa shape index (κ3) is 3.96. The number of nitrogens with two attached hydrogens (primary N) is 1. The van der Waals surface area contributed by atoms with Gasteiger partial charge < -0.3 is 5.73 Å². The van der Waals surface area contributed by atoms with Gasteiger partial charge in [-0.25, -0.2) is 9.97 Å². The van der Waals surface area contributed by atoms with E-state index >= 15 is 0 Å². The summed E-state index contributed by atoms with van der Waals surface area (Å²) < 4.78 is 0.936. The zero-order valence-electron chi connectivity index (χ0n) is 11.9. The maximum absolute atomic E-state index is 5.99. The molecule has 20 heavy (non-hydrogen) atoms. The molecule has 2 N–H and O–H groups in total. The average Bonchev–Trinajstić information content (AvgIpc) is 2.40. The number of hydrogen-bond donors (Lipinski definition) is 1. The average molecular weight is 352 g/mol. The molecule has 0 atom stereocenters. The molecule has 0 radical (unpaired) electrons. The van der Waals surface area contributed by atoms with E-state index in [1.165, 1.54) is 0 Å². The van der Waals surface area contributed by atoms with Gasteiger partial charge in [0.2, 0.25) is 0 Å². The van der Waals surface area contributed by atoms with E-state index in [4.69, 9.17) is 5.73 Å². The quantitative estimate of drug-likeness (QED) is 0.882. The summed E-state index contributed by atoms with van der Waals surface area (Å²) in [7, 11) is 0. The van der Waals surface area contributed by atoms with Gasteiger partial charge in [-0.1, -0.05) is 51.1 Å². The summed E-state index contributed by atoms with van der Waals surface area (Å²) in [6, 6.07) is 10.0. The van der Waals surface area contributed by atoms with Crippen molar-refractivity contribution in [3.63, 3.8) is 0 Å². The molecule has 2 aromatic rings. The van der Waals surface area contributed by atoms with Crippen LogP contribution in [0.15, 0.2) is 34.8 Å². The van der Waals surface area contributed by atoms with Crippen LogP contribution in [-0.2, 0) is 5.75 Å². The smallest absolute Gasteiger partial charge is 0.142 e. The van der Waals surface area contributed by atoms with Crippen LogP contribution in [0.3, 0.4) is 0 Å². The largest absolute Gasteiger partial charge is 0.383 e. The lowest BCUT2D eigenvalue weighted by atomic mass is 10.1. The molecule has 1 aromatic heterocycles. The Kier molecular flexibility index (Phi) is 4.70. The molecule has 0 aliphatic heterocycles. The van der Waals surface area contributed by atoms with Crippen molar-refractivity contribution in [2.45, 2.75) is 31.3 Å². The fraction of sp³-hybridized carbons (Fsp3) is 0.333. The zero-order chi connectivity index (χ0) is 14.8. The Morgan fingerprint density at radius 3 is 2.40 bits per heavy atom. The SMILES string of the molecule is CC(C)(C)SCc1nc(N)c(Br)c(-c2ccccc2)n1. The van der Waals surface area contributed by atoms with Gasteiger partial charge in [0, 0.05) is 10.3 Å². The van der Waals surface area contributed by atoms with Gasteiger partial charge in [-0.15, -0.1) is 11.8 Å².